The molecule has 4 nitrogen and oxygen atoms in total. The molecule has 4 heteroatoms. The van der Waals surface area contributed by atoms with E-state index in [9.17, 15) is 4.79 Å². The largest absolute Gasteiger partial charge is 0.352 e. The van der Waals surface area contributed by atoms with Crippen molar-refractivity contribution in [3.05, 3.63) is 0 Å². The molecule has 2 atom stereocenters. The summed E-state index contributed by atoms with van der Waals surface area (Å²) in [5.41, 5.74) is 0. The third-order valence-corrected chi connectivity index (χ3v) is 3.18. The molecule has 80 valence electrons. The molecule has 2 rings (SSSR count). The monoisotopic (exact) mass is 197 g/mol. The van der Waals surface area contributed by atoms with E-state index >= 15 is 0 Å². The van der Waals surface area contributed by atoms with Crippen LogP contribution in [0.15, 0.2) is 0 Å². The van der Waals surface area contributed by atoms with Gasteiger partial charge in [0.25, 0.3) is 0 Å². The van der Waals surface area contributed by atoms with Crippen LogP contribution in [0.4, 0.5) is 0 Å². The summed E-state index contributed by atoms with van der Waals surface area (Å²) in [6, 6.07) is 1.09. The van der Waals surface area contributed by atoms with E-state index < -0.39 is 0 Å². The Bertz CT molecular complexity index is 213. The van der Waals surface area contributed by atoms with Crippen LogP contribution in [-0.2, 0) is 4.79 Å². The molecule has 0 saturated carbocycles. The third kappa shape index (κ3) is 2.25. The van der Waals surface area contributed by atoms with Gasteiger partial charge in [-0.3, -0.25) is 9.69 Å². The fraction of sp³-hybridized carbons (Fsp3) is 0.900. The van der Waals surface area contributed by atoms with Crippen molar-refractivity contribution in [3.63, 3.8) is 0 Å². The van der Waals surface area contributed by atoms with Gasteiger partial charge < -0.3 is 10.6 Å². The SMILES string of the molecule is CC(=O)NC1CCN(C2CCNC2)C1. The highest BCUT2D eigenvalue weighted by molar-refractivity contribution is 5.73. The number of nitrogens with zero attached hydrogens (tertiary/aromatic N) is 1. The first-order valence-corrected chi connectivity index (χ1v) is 5.47. The Morgan fingerprint density at radius 1 is 1.50 bits per heavy atom. The molecule has 2 N–H and O–H groups in total. The Balaban J connectivity index is 1.78. The highest BCUT2D eigenvalue weighted by Crippen LogP contribution is 2.16. The van der Waals surface area contributed by atoms with Crippen LogP contribution in [0, 0.1) is 0 Å². The van der Waals surface area contributed by atoms with Crippen molar-refractivity contribution >= 4 is 5.91 Å². The van der Waals surface area contributed by atoms with Crippen molar-refractivity contribution in [1.29, 1.82) is 0 Å². The van der Waals surface area contributed by atoms with Crippen molar-refractivity contribution in [2.75, 3.05) is 26.2 Å². The lowest BCUT2D eigenvalue weighted by atomic mass is 10.2. The molecule has 0 bridgehead atoms. The van der Waals surface area contributed by atoms with Crippen molar-refractivity contribution < 1.29 is 4.79 Å². The van der Waals surface area contributed by atoms with Crippen LogP contribution in [0.1, 0.15) is 19.8 Å². The molecule has 0 aromatic rings. The Morgan fingerprint density at radius 3 is 3.00 bits per heavy atom. The minimum absolute atomic E-state index is 0.0985. The maximum absolute atomic E-state index is 10.9. The van der Waals surface area contributed by atoms with Crippen LogP contribution in [0.3, 0.4) is 0 Å². The average molecular weight is 197 g/mol. The summed E-state index contributed by atoms with van der Waals surface area (Å²) in [7, 11) is 0. The molecule has 1 amide bonds. The molecular formula is C10H19N3O. The Labute approximate surface area is 85.0 Å². The summed E-state index contributed by atoms with van der Waals surface area (Å²) in [6.45, 7) is 6.03. The third-order valence-electron chi connectivity index (χ3n) is 3.18. The zero-order chi connectivity index (χ0) is 9.97. The molecule has 0 aromatic carbocycles. The summed E-state index contributed by atoms with van der Waals surface area (Å²) in [5, 5.41) is 6.37. The van der Waals surface area contributed by atoms with Gasteiger partial charge in [-0.05, 0) is 19.4 Å². The molecule has 2 heterocycles. The van der Waals surface area contributed by atoms with Crippen LogP contribution < -0.4 is 10.6 Å². The number of carbonyl (C=O) groups excluding carboxylic acids is 1. The lowest BCUT2D eigenvalue weighted by Gasteiger charge is -2.22. The summed E-state index contributed by atoms with van der Waals surface area (Å²) < 4.78 is 0. The zero-order valence-electron chi connectivity index (χ0n) is 8.75. The minimum atomic E-state index is 0.0985. The number of amides is 1. The number of hydrogen-bond donors (Lipinski definition) is 2. The van der Waals surface area contributed by atoms with Crippen molar-refractivity contribution in [1.82, 2.24) is 15.5 Å². The predicted octanol–water partition coefficient (Wildman–Crippen LogP) is -0.441. The van der Waals surface area contributed by atoms with Gasteiger partial charge in [0.05, 0.1) is 0 Å². The summed E-state index contributed by atoms with van der Waals surface area (Å²) in [4.78, 5) is 13.4. The van der Waals surface area contributed by atoms with E-state index in [-0.39, 0.29) is 5.91 Å². The van der Waals surface area contributed by atoms with E-state index in [4.69, 9.17) is 0 Å². The van der Waals surface area contributed by atoms with Crippen LogP contribution in [0.25, 0.3) is 0 Å². The van der Waals surface area contributed by atoms with Gasteiger partial charge in [0.1, 0.15) is 0 Å². The van der Waals surface area contributed by atoms with Crippen LogP contribution in [-0.4, -0.2) is 49.1 Å². The first-order chi connectivity index (χ1) is 6.75. The van der Waals surface area contributed by atoms with E-state index in [1.807, 2.05) is 0 Å². The smallest absolute Gasteiger partial charge is 0.217 e. The molecule has 2 saturated heterocycles. The molecule has 2 aliphatic rings. The van der Waals surface area contributed by atoms with E-state index in [1.54, 1.807) is 6.92 Å². The molecule has 0 aromatic heterocycles. The first kappa shape index (κ1) is 9.93. The molecule has 2 unspecified atom stereocenters. The van der Waals surface area contributed by atoms with Gasteiger partial charge in [-0.25, -0.2) is 0 Å². The van der Waals surface area contributed by atoms with Crippen molar-refractivity contribution in [2.45, 2.75) is 31.8 Å². The van der Waals surface area contributed by atoms with Crippen LogP contribution in [0.5, 0.6) is 0 Å². The summed E-state index contributed by atoms with van der Waals surface area (Å²) in [5.74, 6) is 0.0985. The number of hydrogen-bond acceptors (Lipinski definition) is 3. The predicted molar refractivity (Wildman–Crippen MR) is 55.1 cm³/mol. The fourth-order valence-corrected chi connectivity index (χ4v) is 2.48. The Kier molecular flexibility index (Phi) is 3.03. The van der Waals surface area contributed by atoms with Crippen molar-refractivity contribution in [2.24, 2.45) is 0 Å². The van der Waals surface area contributed by atoms with E-state index in [0.29, 0.717) is 12.1 Å². The Morgan fingerprint density at radius 2 is 2.36 bits per heavy atom. The molecule has 2 aliphatic heterocycles. The van der Waals surface area contributed by atoms with Crippen molar-refractivity contribution in [3.8, 4) is 0 Å². The number of rotatable bonds is 2. The van der Waals surface area contributed by atoms with Gasteiger partial charge in [0, 0.05) is 38.6 Å². The van der Waals surface area contributed by atoms with Gasteiger partial charge in [-0.1, -0.05) is 0 Å². The first-order valence-electron chi connectivity index (χ1n) is 5.47. The summed E-state index contributed by atoms with van der Waals surface area (Å²) in [6.07, 6.45) is 2.36. The van der Waals surface area contributed by atoms with Crippen LogP contribution in [0.2, 0.25) is 0 Å². The quantitative estimate of drug-likeness (QED) is 0.631. The molecule has 0 aliphatic carbocycles. The zero-order valence-corrected chi connectivity index (χ0v) is 8.75. The second kappa shape index (κ2) is 4.28. The van der Waals surface area contributed by atoms with Crippen LogP contribution >= 0.6 is 0 Å². The van der Waals surface area contributed by atoms with Gasteiger partial charge in [-0.15, -0.1) is 0 Å². The second-order valence-corrected chi connectivity index (χ2v) is 4.33. The Hall–Kier alpha value is -0.610. The van der Waals surface area contributed by atoms with E-state index in [1.165, 1.54) is 6.42 Å². The van der Waals surface area contributed by atoms with Gasteiger partial charge in [0.15, 0.2) is 0 Å². The minimum Gasteiger partial charge on any atom is -0.352 e. The fourth-order valence-electron chi connectivity index (χ4n) is 2.48. The molecule has 0 radical (unpaired) electrons. The standard InChI is InChI=1S/C10H19N3O/c1-8(14)12-9-3-5-13(7-9)10-2-4-11-6-10/h9-11H,2-7H2,1H3,(H,12,14). The maximum Gasteiger partial charge on any atom is 0.217 e. The van der Waals surface area contributed by atoms with Gasteiger partial charge in [0.2, 0.25) is 5.91 Å². The lowest BCUT2D eigenvalue weighted by Crippen LogP contribution is -2.39. The van der Waals surface area contributed by atoms with Gasteiger partial charge in [-0.2, -0.15) is 0 Å². The maximum atomic E-state index is 10.9. The topological polar surface area (TPSA) is 44.4 Å². The highest BCUT2D eigenvalue weighted by atomic mass is 16.1. The molecule has 0 spiro atoms. The molecule has 14 heavy (non-hydrogen) atoms. The second-order valence-electron chi connectivity index (χ2n) is 4.33. The molecular weight excluding hydrogens is 178 g/mol. The average Bonchev–Trinajstić information content (AvgIpc) is 2.69. The number of carbonyl (C=O) groups is 1. The molecule has 2 fully saturated rings. The van der Waals surface area contributed by atoms with E-state index in [0.717, 1.165) is 32.6 Å². The number of nitrogens with one attached hydrogen (secondary N) is 2. The lowest BCUT2D eigenvalue weighted by molar-refractivity contribution is -0.119. The normalized spacial score (nSPS) is 33.5. The highest BCUT2D eigenvalue weighted by Gasteiger charge is 2.29. The number of likely N-dealkylation sites (tertiary alicyclic amines) is 1. The van der Waals surface area contributed by atoms with E-state index in [2.05, 4.69) is 15.5 Å². The van der Waals surface area contributed by atoms with Gasteiger partial charge >= 0.3 is 0 Å². The summed E-state index contributed by atoms with van der Waals surface area (Å²) >= 11 is 0.